The van der Waals surface area contributed by atoms with Gasteiger partial charge in [0.15, 0.2) is 11.6 Å². The van der Waals surface area contributed by atoms with Gasteiger partial charge in [-0.15, -0.1) is 0 Å². The van der Waals surface area contributed by atoms with Crippen LogP contribution in [-0.4, -0.2) is 19.5 Å². The van der Waals surface area contributed by atoms with Gasteiger partial charge in [-0.1, -0.05) is 152 Å². The topological polar surface area (TPSA) is 56.7 Å². The number of para-hydroxylation sites is 3. The van der Waals surface area contributed by atoms with Crippen LogP contribution in [0, 0.1) is 0 Å². The lowest BCUT2D eigenvalue weighted by Gasteiger charge is -2.22. The summed E-state index contributed by atoms with van der Waals surface area (Å²) in [5.41, 5.74) is 12.1. The molecule has 9 aromatic carbocycles. The Morgan fingerprint density at radius 3 is 1.82 bits per heavy atom. The van der Waals surface area contributed by atoms with E-state index in [0.29, 0.717) is 17.6 Å². The average Bonchev–Trinajstić information content (AvgIpc) is 3.81. The zero-order valence-corrected chi connectivity index (χ0v) is 33.1. The predicted molar refractivity (Wildman–Crippen MR) is 249 cm³/mol. The van der Waals surface area contributed by atoms with Crippen molar-refractivity contribution in [2.24, 2.45) is 0 Å². The molecule has 0 amide bonds. The molecule has 0 unspecified atom stereocenters. The van der Waals surface area contributed by atoms with E-state index >= 15 is 0 Å². The van der Waals surface area contributed by atoms with Crippen molar-refractivity contribution in [3.8, 4) is 39.9 Å². The lowest BCUT2D eigenvalue weighted by molar-refractivity contribution is 0.668. The first kappa shape index (κ1) is 34.0. The molecule has 0 radical (unpaired) electrons. The van der Waals surface area contributed by atoms with E-state index in [1.54, 1.807) is 0 Å². The van der Waals surface area contributed by atoms with Gasteiger partial charge in [0.1, 0.15) is 11.2 Å². The van der Waals surface area contributed by atoms with Crippen molar-refractivity contribution in [2.75, 3.05) is 0 Å². The van der Waals surface area contributed by atoms with Crippen LogP contribution in [0.25, 0.3) is 105 Å². The average molecular weight is 781 g/mol. The summed E-state index contributed by atoms with van der Waals surface area (Å²) < 4.78 is 8.86. The van der Waals surface area contributed by atoms with Crippen molar-refractivity contribution in [1.82, 2.24) is 19.5 Å². The highest BCUT2D eigenvalue weighted by atomic mass is 16.3. The van der Waals surface area contributed by atoms with E-state index in [4.69, 9.17) is 19.4 Å². The van der Waals surface area contributed by atoms with Crippen LogP contribution in [0.1, 0.15) is 29.0 Å². The minimum Gasteiger partial charge on any atom is -0.456 e. The van der Waals surface area contributed by atoms with Crippen LogP contribution < -0.4 is 0 Å². The molecule has 13 rings (SSSR count). The van der Waals surface area contributed by atoms with Crippen LogP contribution in [0.5, 0.6) is 0 Å². The molecule has 3 aromatic heterocycles. The van der Waals surface area contributed by atoms with E-state index in [1.807, 2.05) is 6.07 Å². The van der Waals surface area contributed by atoms with Gasteiger partial charge in [0, 0.05) is 38.6 Å². The van der Waals surface area contributed by atoms with E-state index in [1.165, 1.54) is 38.6 Å². The first-order chi connectivity index (χ1) is 30.2. The van der Waals surface area contributed by atoms with Gasteiger partial charge in [-0.2, -0.15) is 9.97 Å². The second-order valence-electron chi connectivity index (χ2n) is 16.2. The Morgan fingerprint density at radius 2 is 1.02 bits per heavy atom. The van der Waals surface area contributed by atoms with Crippen LogP contribution in [0.15, 0.2) is 192 Å². The van der Waals surface area contributed by atoms with Crippen molar-refractivity contribution in [3.63, 3.8) is 0 Å². The predicted octanol–water partition coefficient (Wildman–Crippen LogP) is 14.3. The smallest absolute Gasteiger partial charge is 0.238 e. The number of fused-ring (bicyclic) bond motifs is 11. The molecule has 0 fully saturated rings. The van der Waals surface area contributed by atoms with Crippen LogP contribution in [0.2, 0.25) is 0 Å². The van der Waals surface area contributed by atoms with Crippen molar-refractivity contribution in [3.05, 3.63) is 205 Å². The van der Waals surface area contributed by atoms with Crippen LogP contribution in [-0.2, 0) is 6.42 Å². The number of aromatic nitrogens is 4. The summed E-state index contributed by atoms with van der Waals surface area (Å²) >= 11 is 0. The highest BCUT2D eigenvalue weighted by Gasteiger charge is 2.29. The van der Waals surface area contributed by atoms with Crippen LogP contribution >= 0.6 is 0 Å². The summed E-state index contributed by atoms with van der Waals surface area (Å²) in [6.45, 7) is 0. The number of benzene rings is 9. The van der Waals surface area contributed by atoms with Gasteiger partial charge >= 0.3 is 0 Å². The van der Waals surface area contributed by atoms with E-state index in [2.05, 4.69) is 187 Å². The fourth-order valence-electron chi connectivity index (χ4n) is 10.1. The maximum Gasteiger partial charge on any atom is 0.238 e. The fourth-order valence-corrected chi connectivity index (χ4v) is 10.1. The minimum absolute atomic E-state index is 0.0363. The van der Waals surface area contributed by atoms with Crippen LogP contribution in [0.3, 0.4) is 0 Å². The molecule has 3 heterocycles. The number of rotatable bonds is 4. The highest BCUT2D eigenvalue weighted by molar-refractivity contribution is 6.09. The van der Waals surface area contributed by atoms with E-state index < -0.39 is 0 Å². The third-order valence-electron chi connectivity index (χ3n) is 12.9. The summed E-state index contributed by atoms with van der Waals surface area (Å²) in [5.74, 6) is 1.84. The molecule has 0 N–H and O–H groups in total. The molecule has 0 spiro atoms. The Kier molecular flexibility index (Phi) is 7.43. The first-order valence-electron chi connectivity index (χ1n) is 21.0. The molecule has 286 valence electrons. The van der Waals surface area contributed by atoms with Gasteiger partial charge in [0.25, 0.3) is 0 Å². The van der Waals surface area contributed by atoms with Gasteiger partial charge in [0.2, 0.25) is 5.95 Å². The fraction of sp³-hybridized carbons (Fsp3) is 0.0536. The van der Waals surface area contributed by atoms with Gasteiger partial charge in [-0.25, -0.2) is 4.98 Å². The number of aryl methyl sites for hydroxylation is 1. The Bertz CT molecular complexity index is 3690. The van der Waals surface area contributed by atoms with E-state index in [0.717, 1.165) is 78.5 Å². The van der Waals surface area contributed by atoms with Gasteiger partial charge in [0.05, 0.1) is 11.0 Å². The van der Waals surface area contributed by atoms with Gasteiger partial charge in [-0.3, -0.25) is 4.57 Å². The van der Waals surface area contributed by atoms with Gasteiger partial charge < -0.3 is 4.42 Å². The normalized spacial score (nSPS) is 13.9. The molecule has 5 nitrogen and oxygen atoms in total. The van der Waals surface area contributed by atoms with E-state index in [9.17, 15) is 0 Å². The molecule has 0 saturated carbocycles. The molecule has 5 heteroatoms. The number of furan rings is 1. The molecule has 12 aromatic rings. The Morgan fingerprint density at radius 1 is 0.410 bits per heavy atom. The maximum atomic E-state index is 6.66. The quantitative estimate of drug-likeness (QED) is 0.178. The zero-order chi connectivity index (χ0) is 40.0. The molecular weight excluding hydrogens is 745 g/mol. The monoisotopic (exact) mass is 780 g/mol. The SMILES string of the molecule is c1ccc2c(c1)-c1cc3ccccc3cc1CC[C@H]2c1cc2c(cc1-c1nc(-c3cccc4ccccc34)nc(-n3c4ccccc4c4ccccc43)n1)oc1ccccc12. The molecular formula is C56H36N4O. The molecule has 1 aliphatic carbocycles. The summed E-state index contributed by atoms with van der Waals surface area (Å²) in [5, 5.41) is 9.23. The highest BCUT2D eigenvalue weighted by Crippen LogP contribution is 2.47. The second kappa shape index (κ2) is 13.3. The molecule has 61 heavy (non-hydrogen) atoms. The number of hydrogen-bond donors (Lipinski definition) is 0. The van der Waals surface area contributed by atoms with Gasteiger partial charge in [-0.05, 0) is 98.6 Å². The largest absolute Gasteiger partial charge is 0.456 e. The van der Waals surface area contributed by atoms with E-state index in [-0.39, 0.29) is 5.92 Å². The van der Waals surface area contributed by atoms with Crippen molar-refractivity contribution >= 4 is 65.3 Å². The second-order valence-corrected chi connectivity index (χ2v) is 16.2. The lowest BCUT2D eigenvalue weighted by atomic mass is 9.82. The number of nitrogens with zero attached hydrogens (tertiary/aromatic N) is 4. The zero-order valence-electron chi connectivity index (χ0n) is 33.1. The Hall–Kier alpha value is -7.89. The first-order valence-corrected chi connectivity index (χ1v) is 21.0. The van der Waals surface area contributed by atoms with Crippen molar-refractivity contribution < 1.29 is 4.42 Å². The third kappa shape index (κ3) is 5.30. The molecule has 1 atom stereocenters. The summed E-state index contributed by atoms with van der Waals surface area (Å²) in [4.78, 5) is 16.4. The lowest BCUT2D eigenvalue weighted by Crippen LogP contribution is -2.09. The molecule has 1 aliphatic rings. The summed E-state index contributed by atoms with van der Waals surface area (Å²) in [7, 11) is 0. The van der Waals surface area contributed by atoms with Crippen LogP contribution in [0.4, 0.5) is 0 Å². The minimum atomic E-state index is 0.0363. The summed E-state index contributed by atoms with van der Waals surface area (Å²) in [6.07, 6.45) is 1.84. The number of hydrogen-bond acceptors (Lipinski definition) is 4. The molecule has 0 saturated heterocycles. The van der Waals surface area contributed by atoms with Crippen molar-refractivity contribution in [2.45, 2.75) is 18.8 Å². The summed E-state index contributed by atoms with van der Waals surface area (Å²) in [6, 6.07) is 67.3. The third-order valence-corrected chi connectivity index (χ3v) is 12.9. The Balaban J connectivity index is 1.12. The molecule has 0 bridgehead atoms. The Labute approximate surface area is 351 Å². The molecule has 0 aliphatic heterocycles. The van der Waals surface area contributed by atoms with Crippen molar-refractivity contribution in [1.29, 1.82) is 0 Å². The standard InChI is InChI=1S/C56H36N4O/c1-2-16-36-31-46-37(30-35(36)15-1)28-29-41(39-19-5-6-20-40(39)46)47-32-48-44-23-9-12-27-52(44)61-53(48)33-49(47)55-57-54(45-24-13-17-34-14-3-4-18-38(34)45)58-56(59-55)60-50-25-10-7-21-42(50)43-22-8-11-26-51(43)60/h1-27,30-33,41H,28-29H2/t41-/m1/s1. The maximum absolute atomic E-state index is 6.66.